The van der Waals surface area contributed by atoms with Crippen molar-refractivity contribution in [1.82, 2.24) is 15.6 Å². The Morgan fingerprint density at radius 3 is 2.55 bits per heavy atom. The van der Waals surface area contributed by atoms with Gasteiger partial charge in [-0.25, -0.2) is 4.98 Å². The molecule has 1 aromatic heterocycles. The highest BCUT2D eigenvalue weighted by Gasteiger charge is 2.24. The van der Waals surface area contributed by atoms with Crippen LogP contribution >= 0.6 is 11.3 Å². The van der Waals surface area contributed by atoms with Crippen LogP contribution in [0.3, 0.4) is 0 Å². The van der Waals surface area contributed by atoms with Crippen LogP contribution in [0.1, 0.15) is 74.7 Å². The van der Waals surface area contributed by atoms with E-state index < -0.39 is 0 Å². The molecule has 0 bridgehead atoms. The van der Waals surface area contributed by atoms with Gasteiger partial charge < -0.3 is 10.6 Å². The van der Waals surface area contributed by atoms with Crippen LogP contribution in [0.15, 0.2) is 5.51 Å². The molecule has 0 atom stereocenters. The van der Waals surface area contributed by atoms with Gasteiger partial charge in [-0.15, -0.1) is 11.3 Å². The van der Waals surface area contributed by atoms with Gasteiger partial charge in [-0.3, -0.25) is 4.79 Å². The normalized spacial score (nSPS) is 17.2. The van der Waals surface area contributed by atoms with Gasteiger partial charge in [-0.1, -0.05) is 46.5 Å². The summed E-state index contributed by atoms with van der Waals surface area (Å²) in [5.74, 6) is 0.00934. The molecule has 1 saturated carbocycles. The zero-order valence-electron chi connectivity index (χ0n) is 14.1. The van der Waals surface area contributed by atoms with Gasteiger partial charge in [-0.2, -0.15) is 0 Å². The lowest BCUT2D eigenvalue weighted by Gasteiger charge is -2.18. The molecule has 2 rings (SSSR count). The fourth-order valence-electron chi connectivity index (χ4n) is 2.96. The standard InChI is InChI=1S/C17H29N3OS/c1-17(2,3)15-14(22-12-20-15)16(21)19-11-10-18-13-8-6-4-5-7-9-13/h12-13,18H,4-11H2,1-3H3,(H,19,21). The summed E-state index contributed by atoms with van der Waals surface area (Å²) < 4.78 is 0. The smallest absolute Gasteiger partial charge is 0.263 e. The van der Waals surface area contributed by atoms with Crippen molar-refractivity contribution in [3.8, 4) is 0 Å². The van der Waals surface area contributed by atoms with Crippen molar-refractivity contribution in [2.45, 2.75) is 70.8 Å². The molecule has 1 aromatic rings. The van der Waals surface area contributed by atoms with Crippen LogP contribution in [-0.4, -0.2) is 30.0 Å². The lowest BCUT2D eigenvalue weighted by Crippen LogP contribution is -2.37. The third kappa shape index (κ3) is 5.06. The van der Waals surface area contributed by atoms with E-state index in [9.17, 15) is 4.79 Å². The first-order chi connectivity index (χ1) is 10.5. The van der Waals surface area contributed by atoms with Crippen molar-refractivity contribution in [2.75, 3.05) is 13.1 Å². The first-order valence-electron chi connectivity index (χ1n) is 8.44. The maximum atomic E-state index is 12.3. The van der Waals surface area contributed by atoms with Crippen LogP contribution in [0.25, 0.3) is 0 Å². The van der Waals surface area contributed by atoms with Crippen LogP contribution in [0, 0.1) is 0 Å². The molecule has 1 amide bonds. The SMILES string of the molecule is CC(C)(C)c1ncsc1C(=O)NCCNC1CCCCCC1. The van der Waals surface area contributed by atoms with E-state index in [2.05, 4.69) is 36.4 Å². The summed E-state index contributed by atoms with van der Waals surface area (Å²) in [6.45, 7) is 7.79. The second-order valence-corrected chi connectivity index (χ2v) is 8.03. The molecule has 1 aliphatic carbocycles. The first kappa shape index (κ1) is 17.4. The number of thiazole rings is 1. The third-order valence-electron chi connectivity index (χ3n) is 4.18. The van der Waals surface area contributed by atoms with Crippen LogP contribution in [-0.2, 0) is 5.41 Å². The van der Waals surface area contributed by atoms with E-state index in [0.29, 0.717) is 12.6 Å². The second-order valence-electron chi connectivity index (χ2n) is 7.18. The Bertz CT molecular complexity index is 470. The van der Waals surface area contributed by atoms with Crippen molar-refractivity contribution in [3.05, 3.63) is 16.1 Å². The molecule has 0 saturated heterocycles. The number of nitrogens with one attached hydrogen (secondary N) is 2. The number of hydrogen-bond donors (Lipinski definition) is 2. The van der Waals surface area contributed by atoms with E-state index in [-0.39, 0.29) is 11.3 Å². The number of carbonyl (C=O) groups excluding carboxylic acids is 1. The van der Waals surface area contributed by atoms with Crippen LogP contribution in [0.5, 0.6) is 0 Å². The molecule has 1 aliphatic rings. The lowest BCUT2D eigenvalue weighted by molar-refractivity contribution is 0.0955. The predicted molar refractivity (Wildman–Crippen MR) is 92.6 cm³/mol. The Morgan fingerprint density at radius 1 is 1.23 bits per heavy atom. The van der Waals surface area contributed by atoms with E-state index in [1.54, 1.807) is 5.51 Å². The number of carbonyl (C=O) groups is 1. The minimum Gasteiger partial charge on any atom is -0.350 e. The van der Waals surface area contributed by atoms with Gasteiger partial charge in [0, 0.05) is 24.5 Å². The number of nitrogens with zero attached hydrogens (tertiary/aromatic N) is 1. The third-order valence-corrected chi connectivity index (χ3v) is 5.01. The predicted octanol–water partition coefficient (Wildman–Crippen LogP) is 3.48. The molecular weight excluding hydrogens is 294 g/mol. The fourth-order valence-corrected chi connectivity index (χ4v) is 3.87. The van der Waals surface area contributed by atoms with Gasteiger partial charge in [0.15, 0.2) is 0 Å². The summed E-state index contributed by atoms with van der Waals surface area (Å²) in [7, 11) is 0. The molecule has 4 nitrogen and oxygen atoms in total. The summed E-state index contributed by atoms with van der Waals surface area (Å²) in [4.78, 5) is 17.4. The molecule has 0 unspecified atom stereocenters. The van der Waals surface area contributed by atoms with Crippen molar-refractivity contribution >= 4 is 17.2 Å². The van der Waals surface area contributed by atoms with Crippen LogP contribution < -0.4 is 10.6 Å². The van der Waals surface area contributed by atoms with Crippen LogP contribution in [0.4, 0.5) is 0 Å². The Hall–Kier alpha value is -0.940. The van der Waals surface area contributed by atoms with Crippen molar-refractivity contribution in [3.63, 3.8) is 0 Å². The average Bonchev–Trinajstić information content (AvgIpc) is 2.82. The zero-order chi connectivity index (χ0) is 16.0. The number of hydrogen-bond acceptors (Lipinski definition) is 4. The van der Waals surface area contributed by atoms with E-state index in [1.165, 1.54) is 49.9 Å². The largest absolute Gasteiger partial charge is 0.350 e. The molecule has 0 aliphatic heterocycles. The van der Waals surface area contributed by atoms with Crippen molar-refractivity contribution in [2.24, 2.45) is 0 Å². The Kier molecular flexibility index (Phi) is 6.38. The molecule has 124 valence electrons. The molecule has 5 heteroatoms. The minimum absolute atomic E-state index is 0.00934. The molecule has 0 radical (unpaired) electrons. The summed E-state index contributed by atoms with van der Waals surface area (Å²) in [6, 6.07) is 0.632. The van der Waals surface area contributed by atoms with Crippen molar-refractivity contribution < 1.29 is 4.79 Å². The molecule has 22 heavy (non-hydrogen) atoms. The van der Waals surface area contributed by atoms with E-state index >= 15 is 0 Å². The highest BCUT2D eigenvalue weighted by Crippen LogP contribution is 2.26. The van der Waals surface area contributed by atoms with E-state index in [1.807, 2.05) is 0 Å². The van der Waals surface area contributed by atoms with Gasteiger partial charge in [-0.05, 0) is 12.8 Å². The molecule has 2 N–H and O–H groups in total. The summed E-state index contributed by atoms with van der Waals surface area (Å²) >= 11 is 1.43. The van der Waals surface area contributed by atoms with Gasteiger partial charge in [0.1, 0.15) is 4.88 Å². The molecule has 1 heterocycles. The van der Waals surface area contributed by atoms with Gasteiger partial charge in [0.25, 0.3) is 5.91 Å². The topological polar surface area (TPSA) is 54.0 Å². The van der Waals surface area contributed by atoms with Gasteiger partial charge >= 0.3 is 0 Å². The Balaban J connectivity index is 1.75. The highest BCUT2D eigenvalue weighted by molar-refractivity contribution is 7.11. The van der Waals surface area contributed by atoms with E-state index in [0.717, 1.165) is 17.1 Å². The monoisotopic (exact) mass is 323 g/mol. The summed E-state index contributed by atoms with van der Waals surface area (Å²) in [6.07, 6.45) is 7.96. The van der Waals surface area contributed by atoms with Crippen LogP contribution in [0.2, 0.25) is 0 Å². The molecule has 1 fully saturated rings. The first-order valence-corrected chi connectivity index (χ1v) is 9.32. The molecule has 0 aromatic carbocycles. The lowest BCUT2D eigenvalue weighted by atomic mass is 9.91. The number of amides is 1. The average molecular weight is 324 g/mol. The highest BCUT2D eigenvalue weighted by atomic mass is 32.1. The van der Waals surface area contributed by atoms with Gasteiger partial charge in [0.2, 0.25) is 0 Å². The second kappa shape index (κ2) is 8.06. The van der Waals surface area contributed by atoms with Gasteiger partial charge in [0.05, 0.1) is 11.2 Å². The Morgan fingerprint density at radius 2 is 1.91 bits per heavy atom. The quantitative estimate of drug-likeness (QED) is 0.644. The number of rotatable bonds is 5. The maximum absolute atomic E-state index is 12.3. The molecular formula is C17H29N3OS. The molecule has 0 spiro atoms. The number of aromatic nitrogens is 1. The maximum Gasteiger partial charge on any atom is 0.263 e. The van der Waals surface area contributed by atoms with E-state index in [4.69, 9.17) is 0 Å². The Labute approximate surface area is 138 Å². The minimum atomic E-state index is -0.0920. The van der Waals surface area contributed by atoms with Crippen molar-refractivity contribution in [1.29, 1.82) is 0 Å². The summed E-state index contributed by atoms with van der Waals surface area (Å²) in [5, 5.41) is 6.60. The summed E-state index contributed by atoms with van der Waals surface area (Å²) in [5.41, 5.74) is 2.57. The zero-order valence-corrected chi connectivity index (χ0v) is 14.9. The fraction of sp³-hybridized carbons (Fsp3) is 0.765.